The van der Waals surface area contributed by atoms with Crippen LogP contribution in [0.1, 0.15) is 6.92 Å². The van der Waals surface area contributed by atoms with E-state index in [2.05, 4.69) is 26.9 Å². The number of rotatable bonds is 4. The number of nitrogens with zero attached hydrogens (tertiary/aromatic N) is 6. The van der Waals surface area contributed by atoms with Crippen molar-refractivity contribution in [2.75, 3.05) is 60.5 Å². The van der Waals surface area contributed by atoms with Gasteiger partial charge in [0, 0.05) is 45.0 Å². The molecule has 2 aliphatic heterocycles. The topological polar surface area (TPSA) is 55.8 Å². The highest BCUT2D eigenvalue weighted by atomic mass is 35.5. The first-order valence-corrected chi connectivity index (χ1v) is 10.5. The third-order valence-electron chi connectivity index (χ3n) is 4.95. The molecule has 0 aliphatic carbocycles. The van der Waals surface area contributed by atoms with Crippen LogP contribution >= 0.6 is 34.5 Å². The number of aromatic nitrogens is 2. The summed E-state index contributed by atoms with van der Waals surface area (Å²) in [6, 6.07) is 5.10. The number of halogens is 2. The van der Waals surface area contributed by atoms with Crippen LogP contribution in [0.2, 0.25) is 10.0 Å². The van der Waals surface area contributed by atoms with E-state index in [1.807, 2.05) is 0 Å². The minimum absolute atomic E-state index is 0.119. The fraction of sp³-hybridized carbons (Fsp3) is 0.471. The average Bonchev–Trinajstić information content (AvgIpc) is 3.31. The molecule has 2 fully saturated rings. The van der Waals surface area contributed by atoms with Gasteiger partial charge in [-0.05, 0) is 24.7 Å². The lowest BCUT2D eigenvalue weighted by Crippen LogP contribution is -2.46. The Labute approximate surface area is 172 Å². The van der Waals surface area contributed by atoms with Gasteiger partial charge in [-0.15, -0.1) is 10.2 Å². The highest BCUT2D eigenvalue weighted by molar-refractivity contribution is 7.19. The lowest BCUT2D eigenvalue weighted by atomic mass is 10.3. The molecule has 0 N–H and O–H groups in total. The summed E-state index contributed by atoms with van der Waals surface area (Å²) >= 11 is 13.5. The molecule has 3 heterocycles. The zero-order valence-electron chi connectivity index (χ0n) is 14.9. The van der Waals surface area contributed by atoms with E-state index in [9.17, 15) is 4.79 Å². The molecule has 10 heteroatoms. The van der Waals surface area contributed by atoms with Crippen molar-refractivity contribution in [3.05, 3.63) is 28.2 Å². The Morgan fingerprint density at radius 1 is 0.963 bits per heavy atom. The van der Waals surface area contributed by atoms with E-state index < -0.39 is 0 Å². The molecule has 7 nitrogen and oxygen atoms in total. The number of benzene rings is 1. The number of carbonyl (C=O) groups is 1. The lowest BCUT2D eigenvalue weighted by Gasteiger charge is -2.33. The van der Waals surface area contributed by atoms with Gasteiger partial charge in [0.2, 0.25) is 10.3 Å². The molecule has 4 rings (SSSR count). The molecule has 0 saturated carbocycles. The second kappa shape index (κ2) is 7.79. The summed E-state index contributed by atoms with van der Waals surface area (Å²) in [6.45, 7) is 8.31. The minimum atomic E-state index is -0.119. The van der Waals surface area contributed by atoms with Crippen LogP contribution < -0.4 is 14.7 Å². The number of likely N-dealkylation sites (N-methyl/N-ethyl adjacent to an activating group) is 1. The number of anilines is 3. The van der Waals surface area contributed by atoms with Crippen LogP contribution in [0.15, 0.2) is 18.2 Å². The van der Waals surface area contributed by atoms with Gasteiger partial charge < -0.3 is 9.80 Å². The number of urea groups is 1. The molecule has 0 radical (unpaired) electrons. The van der Waals surface area contributed by atoms with Gasteiger partial charge in [0.05, 0.1) is 10.0 Å². The van der Waals surface area contributed by atoms with Crippen molar-refractivity contribution in [1.82, 2.24) is 15.1 Å². The third kappa shape index (κ3) is 3.71. The first kappa shape index (κ1) is 18.7. The number of hydrogen-bond donors (Lipinski definition) is 0. The van der Waals surface area contributed by atoms with Crippen molar-refractivity contribution in [3.63, 3.8) is 0 Å². The molecular weight excluding hydrogens is 407 g/mol. The number of hydrogen-bond acceptors (Lipinski definition) is 6. The predicted molar refractivity (Wildman–Crippen MR) is 111 cm³/mol. The highest BCUT2D eigenvalue weighted by Gasteiger charge is 2.33. The Morgan fingerprint density at radius 3 is 2.37 bits per heavy atom. The first-order valence-electron chi connectivity index (χ1n) is 8.91. The molecule has 0 bridgehead atoms. The summed E-state index contributed by atoms with van der Waals surface area (Å²) < 4.78 is 0. The molecule has 0 unspecified atom stereocenters. The van der Waals surface area contributed by atoms with Gasteiger partial charge in [0.1, 0.15) is 0 Å². The Balaban J connectivity index is 1.46. The van der Waals surface area contributed by atoms with Gasteiger partial charge in [-0.2, -0.15) is 0 Å². The Hall–Kier alpha value is -1.61. The minimum Gasteiger partial charge on any atom is -0.344 e. The highest BCUT2D eigenvalue weighted by Crippen LogP contribution is 2.33. The molecule has 2 aromatic rings. The van der Waals surface area contributed by atoms with E-state index in [0.29, 0.717) is 28.3 Å². The summed E-state index contributed by atoms with van der Waals surface area (Å²) in [7, 11) is 0. The average molecular weight is 427 g/mol. The van der Waals surface area contributed by atoms with Crippen molar-refractivity contribution in [2.24, 2.45) is 0 Å². The number of piperazine rings is 1. The van der Waals surface area contributed by atoms with E-state index in [4.69, 9.17) is 23.2 Å². The summed E-state index contributed by atoms with van der Waals surface area (Å²) in [6.07, 6.45) is 0. The van der Waals surface area contributed by atoms with Gasteiger partial charge in [0.15, 0.2) is 0 Å². The van der Waals surface area contributed by atoms with E-state index in [0.717, 1.165) is 43.5 Å². The van der Waals surface area contributed by atoms with Crippen LogP contribution in [-0.4, -0.2) is 66.9 Å². The van der Waals surface area contributed by atoms with Crippen LogP contribution in [0.5, 0.6) is 0 Å². The van der Waals surface area contributed by atoms with Crippen LogP contribution in [0.4, 0.5) is 20.7 Å². The van der Waals surface area contributed by atoms with Crippen LogP contribution in [0.3, 0.4) is 0 Å². The van der Waals surface area contributed by atoms with E-state index in [1.165, 1.54) is 11.3 Å². The van der Waals surface area contributed by atoms with Crippen molar-refractivity contribution >= 4 is 56.5 Å². The molecule has 1 aromatic carbocycles. The van der Waals surface area contributed by atoms with Crippen LogP contribution in [0.25, 0.3) is 0 Å². The Morgan fingerprint density at radius 2 is 1.67 bits per heavy atom. The maximum Gasteiger partial charge on any atom is 0.330 e. The lowest BCUT2D eigenvalue weighted by molar-refractivity contribution is 0.256. The maximum atomic E-state index is 12.9. The van der Waals surface area contributed by atoms with Crippen molar-refractivity contribution < 1.29 is 4.79 Å². The van der Waals surface area contributed by atoms with Crippen molar-refractivity contribution in [2.45, 2.75) is 6.92 Å². The van der Waals surface area contributed by atoms with E-state index >= 15 is 0 Å². The van der Waals surface area contributed by atoms with Crippen LogP contribution in [-0.2, 0) is 0 Å². The van der Waals surface area contributed by atoms with Crippen molar-refractivity contribution in [1.29, 1.82) is 0 Å². The van der Waals surface area contributed by atoms with Gasteiger partial charge >= 0.3 is 6.03 Å². The molecule has 0 atom stereocenters. The molecule has 2 amide bonds. The molecule has 27 heavy (non-hydrogen) atoms. The fourth-order valence-electron chi connectivity index (χ4n) is 3.31. The first-order chi connectivity index (χ1) is 13.1. The van der Waals surface area contributed by atoms with E-state index in [1.54, 1.807) is 28.0 Å². The molecule has 1 aromatic heterocycles. The van der Waals surface area contributed by atoms with Gasteiger partial charge in [-0.1, -0.05) is 41.5 Å². The third-order valence-corrected chi connectivity index (χ3v) is 6.69. The predicted octanol–water partition coefficient (Wildman–Crippen LogP) is 3.43. The monoisotopic (exact) mass is 426 g/mol. The van der Waals surface area contributed by atoms with E-state index in [-0.39, 0.29) is 6.03 Å². The zero-order chi connectivity index (χ0) is 19.0. The second-order valence-electron chi connectivity index (χ2n) is 6.47. The standard InChI is InChI=1S/C17H20Cl2N6OS/c1-2-22-5-7-23(8-6-22)15-20-21-16(27-15)25-10-9-24(17(25)26)12-3-4-13(18)14(19)11-12/h3-4,11H,2,5-10H2,1H3. The summed E-state index contributed by atoms with van der Waals surface area (Å²) in [4.78, 5) is 20.9. The zero-order valence-corrected chi connectivity index (χ0v) is 17.3. The molecule has 2 aliphatic rings. The molecule has 2 saturated heterocycles. The van der Waals surface area contributed by atoms with Gasteiger partial charge in [0.25, 0.3) is 0 Å². The summed E-state index contributed by atoms with van der Waals surface area (Å²) in [5.74, 6) is 0. The maximum absolute atomic E-state index is 12.9. The quantitative estimate of drug-likeness (QED) is 0.749. The van der Waals surface area contributed by atoms with Gasteiger partial charge in [-0.25, -0.2) is 4.79 Å². The number of carbonyl (C=O) groups excluding carboxylic acids is 1. The smallest absolute Gasteiger partial charge is 0.330 e. The Bertz CT molecular complexity index is 839. The molecule has 144 valence electrons. The van der Waals surface area contributed by atoms with Crippen LogP contribution in [0, 0.1) is 0 Å². The summed E-state index contributed by atoms with van der Waals surface area (Å²) in [5.41, 5.74) is 0.734. The van der Waals surface area contributed by atoms with Crippen molar-refractivity contribution in [3.8, 4) is 0 Å². The largest absolute Gasteiger partial charge is 0.344 e. The molecule has 0 spiro atoms. The fourth-order valence-corrected chi connectivity index (χ4v) is 4.52. The Kier molecular flexibility index (Phi) is 5.41. The van der Waals surface area contributed by atoms with Gasteiger partial charge in [-0.3, -0.25) is 9.80 Å². The number of amides is 2. The SMILES string of the molecule is CCN1CCN(c2nnc(N3CCN(c4ccc(Cl)c(Cl)c4)C3=O)s2)CC1. The summed E-state index contributed by atoms with van der Waals surface area (Å²) in [5, 5.41) is 11.0. The molecular formula is C17H20Cl2N6OS. The normalized spacial score (nSPS) is 18.6. The second-order valence-corrected chi connectivity index (χ2v) is 8.22.